The minimum atomic E-state index is 0.0364. The molecule has 2 aliphatic rings. The molecule has 0 bridgehead atoms. The number of anilines is 1. The third-order valence-electron chi connectivity index (χ3n) is 6.04. The number of benzene rings is 2. The molecule has 1 fully saturated rings. The molecule has 0 saturated heterocycles. The van der Waals surface area contributed by atoms with Gasteiger partial charge in [0, 0.05) is 30.3 Å². The standard InChI is InChI=1S/C24H28N2O2/c1-17-13-21-12-11-19(16-25-23(27)15-18-7-5-6-8-18)14-22(21)26(17)24(28)20-9-3-2-4-10-20/h2-4,9-12,14,17-18H,5-8,13,15-16H2,1H3,(H,25,27)/t17-/m1/s1. The average Bonchev–Trinajstić information content (AvgIpc) is 3.33. The maximum Gasteiger partial charge on any atom is 0.258 e. The molecule has 1 N–H and O–H groups in total. The molecule has 4 rings (SSSR count). The summed E-state index contributed by atoms with van der Waals surface area (Å²) in [7, 11) is 0. The van der Waals surface area contributed by atoms with Crippen LogP contribution in [0.2, 0.25) is 0 Å². The van der Waals surface area contributed by atoms with Crippen LogP contribution in [-0.2, 0) is 17.8 Å². The van der Waals surface area contributed by atoms with Crippen molar-refractivity contribution in [3.05, 3.63) is 65.2 Å². The van der Waals surface area contributed by atoms with Crippen molar-refractivity contribution in [2.24, 2.45) is 5.92 Å². The Morgan fingerprint density at radius 3 is 2.57 bits per heavy atom. The van der Waals surface area contributed by atoms with E-state index in [1.807, 2.05) is 35.2 Å². The van der Waals surface area contributed by atoms with E-state index in [1.54, 1.807) is 0 Å². The molecule has 4 heteroatoms. The lowest BCUT2D eigenvalue weighted by Crippen LogP contribution is -2.35. The minimum absolute atomic E-state index is 0.0364. The summed E-state index contributed by atoms with van der Waals surface area (Å²) in [6.45, 7) is 2.60. The summed E-state index contributed by atoms with van der Waals surface area (Å²) in [4.78, 5) is 27.2. The maximum atomic E-state index is 13.0. The second-order valence-corrected chi connectivity index (χ2v) is 8.19. The van der Waals surface area contributed by atoms with E-state index >= 15 is 0 Å². The molecule has 0 radical (unpaired) electrons. The zero-order chi connectivity index (χ0) is 19.5. The SMILES string of the molecule is C[C@@H]1Cc2ccc(CNC(=O)CC3CCCC3)cc2N1C(=O)c1ccccc1. The van der Waals surface area contributed by atoms with E-state index in [1.165, 1.54) is 31.2 Å². The first-order valence-electron chi connectivity index (χ1n) is 10.4. The largest absolute Gasteiger partial charge is 0.352 e. The molecule has 4 nitrogen and oxygen atoms in total. The van der Waals surface area contributed by atoms with Gasteiger partial charge in [0.15, 0.2) is 0 Å². The van der Waals surface area contributed by atoms with Gasteiger partial charge in [-0.2, -0.15) is 0 Å². The molecule has 2 amide bonds. The molecule has 28 heavy (non-hydrogen) atoms. The van der Waals surface area contributed by atoms with Crippen LogP contribution in [0.5, 0.6) is 0 Å². The highest BCUT2D eigenvalue weighted by Crippen LogP contribution is 2.34. The highest BCUT2D eigenvalue weighted by atomic mass is 16.2. The predicted molar refractivity (Wildman–Crippen MR) is 111 cm³/mol. The number of hydrogen-bond acceptors (Lipinski definition) is 2. The monoisotopic (exact) mass is 376 g/mol. The van der Waals surface area contributed by atoms with Crippen LogP contribution in [0.15, 0.2) is 48.5 Å². The van der Waals surface area contributed by atoms with Gasteiger partial charge in [-0.1, -0.05) is 43.2 Å². The first-order chi connectivity index (χ1) is 13.6. The van der Waals surface area contributed by atoms with Gasteiger partial charge in [0.2, 0.25) is 5.91 Å². The molecule has 1 atom stereocenters. The van der Waals surface area contributed by atoms with Crippen LogP contribution in [0.3, 0.4) is 0 Å². The van der Waals surface area contributed by atoms with E-state index in [-0.39, 0.29) is 17.9 Å². The van der Waals surface area contributed by atoms with Crippen LogP contribution in [0, 0.1) is 5.92 Å². The highest BCUT2D eigenvalue weighted by molar-refractivity contribution is 6.07. The van der Waals surface area contributed by atoms with Crippen molar-refractivity contribution in [1.29, 1.82) is 0 Å². The number of fused-ring (bicyclic) bond motifs is 1. The molecule has 1 aliphatic heterocycles. The van der Waals surface area contributed by atoms with Gasteiger partial charge in [0.25, 0.3) is 5.91 Å². The molecule has 146 valence electrons. The molecular formula is C24H28N2O2. The van der Waals surface area contributed by atoms with Crippen molar-refractivity contribution in [2.45, 2.75) is 58.0 Å². The molecule has 0 spiro atoms. The van der Waals surface area contributed by atoms with Gasteiger partial charge >= 0.3 is 0 Å². The van der Waals surface area contributed by atoms with Gasteiger partial charge in [-0.05, 0) is 61.4 Å². The third-order valence-corrected chi connectivity index (χ3v) is 6.04. The second kappa shape index (κ2) is 8.17. The average molecular weight is 377 g/mol. The lowest BCUT2D eigenvalue weighted by atomic mass is 10.0. The molecule has 2 aromatic carbocycles. The number of carbonyl (C=O) groups excluding carboxylic acids is 2. The summed E-state index contributed by atoms with van der Waals surface area (Å²) < 4.78 is 0. The Hall–Kier alpha value is -2.62. The fraction of sp³-hybridized carbons (Fsp3) is 0.417. The molecule has 1 saturated carbocycles. The maximum absolute atomic E-state index is 13.0. The van der Waals surface area contributed by atoms with E-state index in [2.05, 4.69) is 30.4 Å². The smallest absolute Gasteiger partial charge is 0.258 e. The van der Waals surface area contributed by atoms with Gasteiger partial charge in [0.05, 0.1) is 0 Å². The number of nitrogens with zero attached hydrogens (tertiary/aromatic N) is 1. The van der Waals surface area contributed by atoms with E-state index in [0.29, 0.717) is 24.4 Å². The highest BCUT2D eigenvalue weighted by Gasteiger charge is 2.31. The van der Waals surface area contributed by atoms with E-state index in [0.717, 1.165) is 17.7 Å². The molecule has 2 aromatic rings. The lowest BCUT2D eigenvalue weighted by molar-refractivity contribution is -0.122. The quantitative estimate of drug-likeness (QED) is 0.837. The molecule has 1 heterocycles. The van der Waals surface area contributed by atoms with Crippen molar-refractivity contribution in [2.75, 3.05) is 4.90 Å². The number of hydrogen-bond donors (Lipinski definition) is 1. The Morgan fingerprint density at radius 1 is 1.07 bits per heavy atom. The van der Waals surface area contributed by atoms with Crippen LogP contribution < -0.4 is 10.2 Å². The van der Waals surface area contributed by atoms with Crippen LogP contribution in [0.25, 0.3) is 0 Å². The second-order valence-electron chi connectivity index (χ2n) is 8.19. The van der Waals surface area contributed by atoms with Gasteiger partial charge < -0.3 is 10.2 Å². The van der Waals surface area contributed by atoms with Crippen LogP contribution >= 0.6 is 0 Å². The number of rotatable bonds is 5. The van der Waals surface area contributed by atoms with E-state index < -0.39 is 0 Å². The molecular weight excluding hydrogens is 348 g/mol. The normalized spacial score (nSPS) is 18.9. The zero-order valence-corrected chi connectivity index (χ0v) is 16.5. The predicted octanol–water partition coefficient (Wildman–Crippen LogP) is 4.47. The van der Waals surface area contributed by atoms with Crippen LogP contribution in [-0.4, -0.2) is 17.9 Å². The summed E-state index contributed by atoms with van der Waals surface area (Å²) in [6, 6.07) is 15.8. The summed E-state index contributed by atoms with van der Waals surface area (Å²) in [5, 5.41) is 3.06. The topological polar surface area (TPSA) is 49.4 Å². The summed E-state index contributed by atoms with van der Waals surface area (Å²) in [6.07, 6.45) is 6.38. The Morgan fingerprint density at radius 2 is 1.82 bits per heavy atom. The van der Waals surface area contributed by atoms with Crippen molar-refractivity contribution >= 4 is 17.5 Å². The van der Waals surface area contributed by atoms with Gasteiger partial charge in [-0.25, -0.2) is 0 Å². The number of amides is 2. The first-order valence-corrected chi connectivity index (χ1v) is 10.4. The fourth-order valence-electron chi connectivity index (χ4n) is 4.54. The fourth-order valence-corrected chi connectivity index (χ4v) is 4.54. The Kier molecular flexibility index (Phi) is 5.47. The minimum Gasteiger partial charge on any atom is -0.352 e. The van der Waals surface area contributed by atoms with E-state index in [9.17, 15) is 9.59 Å². The number of carbonyl (C=O) groups is 2. The first kappa shape index (κ1) is 18.7. The summed E-state index contributed by atoms with van der Waals surface area (Å²) in [5.41, 5.74) is 3.91. The van der Waals surface area contributed by atoms with Gasteiger partial charge in [-0.3, -0.25) is 9.59 Å². The van der Waals surface area contributed by atoms with Gasteiger partial charge in [-0.15, -0.1) is 0 Å². The van der Waals surface area contributed by atoms with Crippen molar-refractivity contribution < 1.29 is 9.59 Å². The Labute approximate surface area is 166 Å². The van der Waals surface area contributed by atoms with Gasteiger partial charge in [0.1, 0.15) is 0 Å². The Bertz CT molecular complexity index is 856. The van der Waals surface area contributed by atoms with Crippen molar-refractivity contribution in [3.63, 3.8) is 0 Å². The zero-order valence-electron chi connectivity index (χ0n) is 16.5. The molecule has 1 aliphatic carbocycles. The molecule has 0 aromatic heterocycles. The summed E-state index contributed by atoms with van der Waals surface area (Å²) in [5.74, 6) is 0.729. The molecule has 0 unspecified atom stereocenters. The van der Waals surface area contributed by atoms with Crippen LogP contribution in [0.4, 0.5) is 5.69 Å². The number of nitrogens with one attached hydrogen (secondary N) is 1. The van der Waals surface area contributed by atoms with Crippen molar-refractivity contribution in [1.82, 2.24) is 5.32 Å². The van der Waals surface area contributed by atoms with E-state index in [4.69, 9.17) is 0 Å². The third kappa shape index (κ3) is 3.96. The van der Waals surface area contributed by atoms with Crippen LogP contribution in [0.1, 0.15) is 60.5 Å². The van der Waals surface area contributed by atoms with Crippen molar-refractivity contribution in [3.8, 4) is 0 Å². The Balaban J connectivity index is 1.45. The summed E-state index contributed by atoms with van der Waals surface area (Å²) >= 11 is 0. The lowest BCUT2D eigenvalue weighted by Gasteiger charge is -2.23.